The monoisotopic (exact) mass is 423 g/mol. The van der Waals surface area contributed by atoms with Crippen molar-refractivity contribution in [3.05, 3.63) is 64.1 Å². The lowest BCUT2D eigenvalue weighted by Gasteiger charge is -2.21. The molecule has 1 amide bonds. The summed E-state index contributed by atoms with van der Waals surface area (Å²) >= 11 is 3.33. The molecule has 0 fully saturated rings. The summed E-state index contributed by atoms with van der Waals surface area (Å²) < 4.78 is 25.9. The van der Waals surface area contributed by atoms with Crippen LogP contribution in [-0.2, 0) is 14.8 Å². The van der Waals surface area contributed by atoms with E-state index in [9.17, 15) is 13.2 Å². The van der Waals surface area contributed by atoms with Gasteiger partial charge in [-0.25, -0.2) is 13.8 Å². The van der Waals surface area contributed by atoms with E-state index in [1.54, 1.807) is 24.3 Å². The minimum Gasteiger partial charge on any atom is -0.271 e. The van der Waals surface area contributed by atoms with Gasteiger partial charge in [-0.2, -0.15) is 5.10 Å². The van der Waals surface area contributed by atoms with Crippen molar-refractivity contribution in [1.29, 1.82) is 0 Å². The Morgan fingerprint density at radius 2 is 1.76 bits per heavy atom. The van der Waals surface area contributed by atoms with Crippen LogP contribution in [0.5, 0.6) is 0 Å². The number of amides is 1. The molecule has 0 radical (unpaired) electrons. The fourth-order valence-corrected chi connectivity index (χ4v) is 3.13. The van der Waals surface area contributed by atoms with Gasteiger partial charge in [0.25, 0.3) is 5.91 Å². The molecule has 0 heterocycles. The number of sulfonamides is 1. The van der Waals surface area contributed by atoms with E-state index >= 15 is 0 Å². The number of carbonyl (C=O) groups is 1. The van der Waals surface area contributed by atoms with E-state index in [0.29, 0.717) is 5.69 Å². The van der Waals surface area contributed by atoms with E-state index in [0.717, 1.165) is 26.2 Å². The Kier molecular flexibility index (Phi) is 6.33. The number of hydrogen-bond donors (Lipinski definition) is 1. The van der Waals surface area contributed by atoms with Crippen molar-refractivity contribution < 1.29 is 13.2 Å². The highest BCUT2D eigenvalue weighted by molar-refractivity contribution is 9.10. The molecule has 0 saturated carbocycles. The standard InChI is InChI=1S/C17H18BrN3O3S/c1-13-3-9-16(10-4-13)21(25(2,23)24)12-17(22)20-19-11-14-5-7-15(18)8-6-14/h3-11H,12H2,1-2H3,(H,20,22)/b19-11-. The molecule has 0 aliphatic rings. The molecule has 0 spiro atoms. The smallest absolute Gasteiger partial charge is 0.260 e. The molecule has 0 atom stereocenters. The van der Waals surface area contributed by atoms with Gasteiger partial charge in [0.05, 0.1) is 18.2 Å². The van der Waals surface area contributed by atoms with Crippen molar-refractivity contribution in [3.8, 4) is 0 Å². The molecule has 2 aromatic carbocycles. The number of nitrogens with zero attached hydrogens (tertiary/aromatic N) is 2. The lowest BCUT2D eigenvalue weighted by Crippen LogP contribution is -2.39. The van der Waals surface area contributed by atoms with Gasteiger partial charge in [-0.1, -0.05) is 45.8 Å². The van der Waals surface area contributed by atoms with Crippen molar-refractivity contribution >= 4 is 43.8 Å². The molecule has 0 aliphatic carbocycles. The van der Waals surface area contributed by atoms with Crippen molar-refractivity contribution in [1.82, 2.24) is 5.43 Å². The molecule has 0 unspecified atom stereocenters. The number of rotatable bonds is 6. The van der Waals surface area contributed by atoms with E-state index in [1.165, 1.54) is 6.21 Å². The maximum atomic E-state index is 12.0. The van der Waals surface area contributed by atoms with E-state index < -0.39 is 15.9 Å². The maximum Gasteiger partial charge on any atom is 0.260 e. The molecule has 25 heavy (non-hydrogen) atoms. The number of aryl methyl sites for hydroxylation is 1. The third kappa shape index (κ3) is 5.99. The maximum absolute atomic E-state index is 12.0. The average molecular weight is 424 g/mol. The lowest BCUT2D eigenvalue weighted by molar-refractivity contribution is -0.119. The van der Waals surface area contributed by atoms with Crippen LogP contribution in [0.15, 0.2) is 58.1 Å². The van der Waals surface area contributed by atoms with Crippen LogP contribution in [0, 0.1) is 6.92 Å². The zero-order chi connectivity index (χ0) is 18.4. The highest BCUT2D eigenvalue weighted by Crippen LogP contribution is 2.17. The summed E-state index contributed by atoms with van der Waals surface area (Å²) in [6.45, 7) is 1.55. The molecule has 2 aromatic rings. The number of anilines is 1. The van der Waals surface area contributed by atoms with Gasteiger partial charge in [0.2, 0.25) is 10.0 Å². The van der Waals surface area contributed by atoms with E-state index in [4.69, 9.17) is 0 Å². The number of halogens is 1. The molecular formula is C17H18BrN3O3S. The van der Waals surface area contributed by atoms with Crippen LogP contribution >= 0.6 is 15.9 Å². The quantitative estimate of drug-likeness (QED) is 0.572. The van der Waals surface area contributed by atoms with Gasteiger partial charge in [-0.3, -0.25) is 9.10 Å². The van der Waals surface area contributed by atoms with Gasteiger partial charge in [-0.05, 0) is 36.8 Å². The molecule has 0 aliphatic heterocycles. The van der Waals surface area contributed by atoms with E-state index in [-0.39, 0.29) is 6.54 Å². The summed E-state index contributed by atoms with van der Waals surface area (Å²) in [6, 6.07) is 14.3. The van der Waals surface area contributed by atoms with Crippen LogP contribution < -0.4 is 9.73 Å². The summed E-state index contributed by atoms with van der Waals surface area (Å²) in [5, 5.41) is 3.85. The molecular weight excluding hydrogens is 406 g/mol. The summed E-state index contributed by atoms with van der Waals surface area (Å²) in [7, 11) is -3.59. The second-order valence-corrected chi connectivity index (χ2v) is 8.27. The molecule has 132 valence electrons. The molecule has 8 heteroatoms. The summed E-state index contributed by atoms with van der Waals surface area (Å²) in [5.74, 6) is -0.528. The Morgan fingerprint density at radius 1 is 1.16 bits per heavy atom. The summed E-state index contributed by atoms with van der Waals surface area (Å²) in [5.41, 5.74) is 4.58. The fraction of sp³-hybridized carbons (Fsp3) is 0.176. The average Bonchev–Trinajstić information content (AvgIpc) is 2.54. The summed E-state index contributed by atoms with van der Waals surface area (Å²) in [4.78, 5) is 12.0. The second-order valence-electron chi connectivity index (χ2n) is 5.45. The molecule has 6 nitrogen and oxygen atoms in total. The third-order valence-corrected chi connectivity index (χ3v) is 4.95. The Hall–Kier alpha value is -2.19. The topological polar surface area (TPSA) is 78.8 Å². The number of hydrazone groups is 1. The van der Waals surface area contributed by atoms with Crippen LogP contribution in [0.2, 0.25) is 0 Å². The highest BCUT2D eigenvalue weighted by atomic mass is 79.9. The lowest BCUT2D eigenvalue weighted by atomic mass is 10.2. The van der Waals surface area contributed by atoms with Crippen molar-refractivity contribution in [3.63, 3.8) is 0 Å². The van der Waals surface area contributed by atoms with Crippen molar-refractivity contribution in [2.75, 3.05) is 17.1 Å². The van der Waals surface area contributed by atoms with Gasteiger partial charge >= 0.3 is 0 Å². The molecule has 0 saturated heterocycles. The van der Waals surface area contributed by atoms with Crippen molar-refractivity contribution in [2.45, 2.75) is 6.92 Å². The SMILES string of the molecule is Cc1ccc(N(CC(=O)N/N=C\c2ccc(Br)cc2)S(C)(=O)=O)cc1. The zero-order valence-corrected chi connectivity index (χ0v) is 16.2. The van der Waals surface area contributed by atoms with Crippen LogP contribution in [0.4, 0.5) is 5.69 Å². The number of nitrogens with one attached hydrogen (secondary N) is 1. The number of benzene rings is 2. The van der Waals surface area contributed by atoms with Crippen LogP contribution in [0.3, 0.4) is 0 Å². The third-order valence-electron chi connectivity index (χ3n) is 3.28. The van der Waals surface area contributed by atoms with Crippen LogP contribution in [-0.4, -0.2) is 33.3 Å². The molecule has 1 N–H and O–H groups in total. The second kappa shape index (κ2) is 8.26. The first kappa shape index (κ1) is 19.1. The van der Waals surface area contributed by atoms with Gasteiger partial charge in [-0.15, -0.1) is 0 Å². The van der Waals surface area contributed by atoms with Gasteiger partial charge in [0.15, 0.2) is 0 Å². The predicted octanol–water partition coefficient (Wildman–Crippen LogP) is 2.67. The van der Waals surface area contributed by atoms with E-state index in [1.807, 2.05) is 31.2 Å². The number of hydrogen-bond acceptors (Lipinski definition) is 4. The zero-order valence-electron chi connectivity index (χ0n) is 13.8. The predicted molar refractivity (Wildman–Crippen MR) is 103 cm³/mol. The molecule has 0 aromatic heterocycles. The minimum atomic E-state index is -3.59. The first-order chi connectivity index (χ1) is 11.8. The van der Waals surface area contributed by atoms with Gasteiger partial charge < -0.3 is 0 Å². The first-order valence-corrected chi connectivity index (χ1v) is 10.0. The normalized spacial score (nSPS) is 11.5. The Balaban J connectivity index is 2.04. The fourth-order valence-electron chi connectivity index (χ4n) is 2.00. The molecule has 2 rings (SSSR count). The largest absolute Gasteiger partial charge is 0.271 e. The van der Waals surface area contributed by atoms with Crippen molar-refractivity contribution in [2.24, 2.45) is 5.10 Å². The van der Waals surface area contributed by atoms with Gasteiger partial charge in [0.1, 0.15) is 6.54 Å². The van der Waals surface area contributed by atoms with E-state index in [2.05, 4.69) is 26.5 Å². The number of carbonyl (C=O) groups excluding carboxylic acids is 1. The molecule has 0 bridgehead atoms. The Labute approximate surface area is 155 Å². The van der Waals surface area contributed by atoms with Gasteiger partial charge in [0, 0.05) is 4.47 Å². The Bertz CT molecular complexity index is 863. The van der Waals surface area contributed by atoms with Crippen LogP contribution in [0.25, 0.3) is 0 Å². The Morgan fingerprint density at radius 3 is 2.32 bits per heavy atom. The first-order valence-electron chi connectivity index (χ1n) is 7.37. The summed E-state index contributed by atoms with van der Waals surface area (Å²) in [6.07, 6.45) is 2.55. The minimum absolute atomic E-state index is 0.348. The highest BCUT2D eigenvalue weighted by Gasteiger charge is 2.20. The van der Waals surface area contributed by atoms with Crippen LogP contribution in [0.1, 0.15) is 11.1 Å².